The first-order chi connectivity index (χ1) is 14.9. The van der Waals surface area contributed by atoms with E-state index < -0.39 is 0 Å². The maximum Gasteiger partial charge on any atom is 0.0618 e. The standard InChI is InChI=1S/C30H50O2/c1-19(2)20-10-13-26(3)16-17-29(6)21(25(20)26)8-9-23-27(4)14-12-24(32)28(5,18-31)22(27)11-15-30(23,29)7/h20-25,31-32H,1,8-18H2,2-7H3/t20-,21?,22+,23+,24?,25+,26+,27-,28-,29+,30+/m0/s1. The second-order valence-electron chi connectivity index (χ2n) is 14.6. The number of rotatable bonds is 2. The van der Waals surface area contributed by atoms with E-state index in [0.29, 0.717) is 28.1 Å². The molecule has 0 aromatic heterocycles. The fourth-order valence-corrected chi connectivity index (χ4v) is 11.5. The van der Waals surface area contributed by atoms with Gasteiger partial charge in [-0.3, -0.25) is 0 Å². The lowest BCUT2D eigenvalue weighted by molar-refractivity contribution is -0.253. The summed E-state index contributed by atoms with van der Waals surface area (Å²) < 4.78 is 0. The number of hydrogen-bond donors (Lipinski definition) is 2. The number of allylic oxidation sites excluding steroid dienone is 1. The highest BCUT2D eigenvalue weighted by molar-refractivity contribution is 5.21. The molecule has 5 aliphatic rings. The quantitative estimate of drug-likeness (QED) is 0.452. The Bertz CT molecular complexity index is 790. The van der Waals surface area contributed by atoms with Crippen LogP contribution in [0.3, 0.4) is 0 Å². The highest BCUT2D eigenvalue weighted by Gasteiger charge is 2.70. The summed E-state index contributed by atoms with van der Waals surface area (Å²) in [5.74, 6) is 3.51. The smallest absolute Gasteiger partial charge is 0.0618 e. The Morgan fingerprint density at radius 1 is 0.812 bits per heavy atom. The van der Waals surface area contributed by atoms with Gasteiger partial charge >= 0.3 is 0 Å². The SMILES string of the molecule is C=C(C)[C@@H]1CC[C@]2(C)CC[C@]3(C)C(CC[C@@H]4[C@@]5(C)CCC(O)[C@@](C)(CO)[C@@H]5CC[C@]43C)[C@@H]12. The van der Waals surface area contributed by atoms with Gasteiger partial charge in [0.15, 0.2) is 0 Å². The van der Waals surface area contributed by atoms with Gasteiger partial charge in [-0.1, -0.05) is 46.8 Å². The zero-order chi connectivity index (χ0) is 23.3. The second-order valence-corrected chi connectivity index (χ2v) is 14.6. The van der Waals surface area contributed by atoms with Crippen LogP contribution in [0.15, 0.2) is 12.2 Å². The van der Waals surface area contributed by atoms with Gasteiger partial charge in [-0.25, -0.2) is 0 Å². The maximum absolute atomic E-state index is 10.9. The van der Waals surface area contributed by atoms with Crippen LogP contribution in [0.4, 0.5) is 0 Å². The summed E-state index contributed by atoms with van der Waals surface area (Å²) >= 11 is 0. The van der Waals surface area contributed by atoms with Crippen molar-refractivity contribution in [3.8, 4) is 0 Å². The Hall–Kier alpha value is -0.340. The average Bonchev–Trinajstić information content (AvgIpc) is 3.09. The van der Waals surface area contributed by atoms with Crippen LogP contribution < -0.4 is 0 Å². The van der Waals surface area contributed by atoms with Gasteiger partial charge in [0.2, 0.25) is 0 Å². The van der Waals surface area contributed by atoms with E-state index in [1.54, 1.807) is 0 Å². The van der Waals surface area contributed by atoms with Gasteiger partial charge in [0.25, 0.3) is 0 Å². The predicted molar refractivity (Wildman–Crippen MR) is 132 cm³/mol. The molecule has 0 aromatic rings. The third-order valence-corrected chi connectivity index (χ3v) is 13.6. The second kappa shape index (κ2) is 7.09. The van der Waals surface area contributed by atoms with Crippen molar-refractivity contribution in [2.75, 3.05) is 6.61 Å². The summed E-state index contributed by atoms with van der Waals surface area (Å²) in [6, 6.07) is 0. The molecule has 5 aliphatic carbocycles. The molecule has 32 heavy (non-hydrogen) atoms. The highest BCUT2D eigenvalue weighted by atomic mass is 16.3. The number of fused-ring (bicyclic) bond motifs is 7. The Labute approximate surface area is 197 Å². The molecule has 2 nitrogen and oxygen atoms in total. The first kappa shape index (κ1) is 23.4. The molecule has 0 saturated heterocycles. The van der Waals surface area contributed by atoms with Crippen LogP contribution in [0.2, 0.25) is 0 Å². The van der Waals surface area contributed by atoms with Crippen LogP contribution in [0.1, 0.15) is 106 Å². The fraction of sp³-hybridized carbons (Fsp3) is 0.933. The molecule has 0 heterocycles. The van der Waals surface area contributed by atoms with E-state index in [0.717, 1.165) is 30.6 Å². The molecule has 0 aromatic carbocycles. The molecule has 182 valence electrons. The third kappa shape index (κ3) is 2.66. The molecule has 2 heteroatoms. The molecule has 2 N–H and O–H groups in total. The van der Waals surface area contributed by atoms with Crippen LogP contribution in [0.25, 0.3) is 0 Å². The van der Waals surface area contributed by atoms with Gasteiger partial charge in [0.1, 0.15) is 0 Å². The molecule has 11 atom stereocenters. The van der Waals surface area contributed by atoms with Gasteiger partial charge in [0, 0.05) is 5.41 Å². The molecule has 0 aliphatic heterocycles. The minimum atomic E-state index is -0.355. The van der Waals surface area contributed by atoms with E-state index in [1.165, 1.54) is 56.9 Å². The lowest BCUT2D eigenvalue weighted by Gasteiger charge is -2.73. The van der Waals surface area contributed by atoms with Crippen LogP contribution in [-0.2, 0) is 0 Å². The lowest BCUT2D eigenvalue weighted by atomic mass is 9.32. The number of hydrogen-bond acceptors (Lipinski definition) is 2. The Kier molecular flexibility index (Phi) is 5.19. The molecule has 0 bridgehead atoms. The van der Waals surface area contributed by atoms with Crippen LogP contribution in [0, 0.1) is 56.7 Å². The minimum absolute atomic E-state index is 0.123. The molecule has 0 amide bonds. The van der Waals surface area contributed by atoms with Crippen LogP contribution in [-0.4, -0.2) is 22.9 Å². The molecule has 5 fully saturated rings. The molecule has 5 rings (SSSR count). The van der Waals surface area contributed by atoms with Gasteiger partial charge in [-0.2, -0.15) is 0 Å². The van der Waals surface area contributed by atoms with Crippen molar-refractivity contribution < 1.29 is 10.2 Å². The van der Waals surface area contributed by atoms with E-state index in [4.69, 9.17) is 0 Å². The summed E-state index contributed by atoms with van der Waals surface area (Å²) in [7, 11) is 0. The molecule has 5 saturated carbocycles. The molecular formula is C30H50O2. The summed E-state index contributed by atoms with van der Waals surface area (Å²) in [5, 5.41) is 21.3. The van der Waals surface area contributed by atoms with Gasteiger partial charge < -0.3 is 10.2 Å². The highest BCUT2D eigenvalue weighted by Crippen LogP contribution is 2.77. The number of aliphatic hydroxyl groups excluding tert-OH is 2. The van der Waals surface area contributed by atoms with E-state index in [9.17, 15) is 10.2 Å². The number of aliphatic hydroxyl groups is 2. The van der Waals surface area contributed by atoms with Crippen LogP contribution in [0.5, 0.6) is 0 Å². The Morgan fingerprint density at radius 3 is 2.19 bits per heavy atom. The van der Waals surface area contributed by atoms with Crippen molar-refractivity contribution in [3.63, 3.8) is 0 Å². The fourth-order valence-electron chi connectivity index (χ4n) is 11.5. The minimum Gasteiger partial charge on any atom is -0.396 e. The van der Waals surface area contributed by atoms with E-state index in [2.05, 4.69) is 48.1 Å². The third-order valence-electron chi connectivity index (χ3n) is 13.6. The van der Waals surface area contributed by atoms with E-state index in [1.807, 2.05) is 0 Å². The summed E-state index contributed by atoms with van der Waals surface area (Å²) in [4.78, 5) is 0. The predicted octanol–water partition coefficient (Wildman–Crippen LogP) is 7.00. The van der Waals surface area contributed by atoms with E-state index >= 15 is 0 Å². The van der Waals surface area contributed by atoms with Crippen molar-refractivity contribution in [2.24, 2.45) is 56.7 Å². The first-order valence-electron chi connectivity index (χ1n) is 13.8. The monoisotopic (exact) mass is 442 g/mol. The van der Waals surface area contributed by atoms with E-state index in [-0.39, 0.29) is 23.5 Å². The summed E-state index contributed by atoms with van der Waals surface area (Å²) in [5.41, 5.74) is 2.62. The molecule has 2 unspecified atom stereocenters. The van der Waals surface area contributed by atoms with Gasteiger partial charge in [-0.15, -0.1) is 0 Å². The topological polar surface area (TPSA) is 40.5 Å². The van der Waals surface area contributed by atoms with Crippen LogP contribution >= 0.6 is 0 Å². The molecule has 0 radical (unpaired) electrons. The normalized spacial score (nSPS) is 59.5. The summed E-state index contributed by atoms with van der Waals surface area (Å²) in [6.45, 7) is 19.6. The summed E-state index contributed by atoms with van der Waals surface area (Å²) in [6.07, 6.45) is 12.3. The lowest BCUT2D eigenvalue weighted by Crippen LogP contribution is -2.67. The zero-order valence-electron chi connectivity index (χ0n) is 21.8. The van der Waals surface area contributed by atoms with Gasteiger partial charge in [-0.05, 0) is 122 Å². The van der Waals surface area contributed by atoms with Crippen molar-refractivity contribution >= 4 is 0 Å². The molecule has 0 spiro atoms. The molecular weight excluding hydrogens is 392 g/mol. The van der Waals surface area contributed by atoms with Gasteiger partial charge in [0.05, 0.1) is 12.7 Å². The van der Waals surface area contributed by atoms with Crippen molar-refractivity contribution in [2.45, 2.75) is 112 Å². The van der Waals surface area contributed by atoms with Crippen molar-refractivity contribution in [1.82, 2.24) is 0 Å². The zero-order valence-corrected chi connectivity index (χ0v) is 21.8. The Balaban J connectivity index is 1.54. The van der Waals surface area contributed by atoms with Crippen molar-refractivity contribution in [3.05, 3.63) is 12.2 Å². The Morgan fingerprint density at radius 2 is 1.53 bits per heavy atom. The maximum atomic E-state index is 10.9. The first-order valence-corrected chi connectivity index (χ1v) is 13.8. The largest absolute Gasteiger partial charge is 0.396 e. The van der Waals surface area contributed by atoms with Crippen molar-refractivity contribution in [1.29, 1.82) is 0 Å². The average molecular weight is 443 g/mol.